The topological polar surface area (TPSA) is 85.5 Å². The molecular formula is C17H23N3O3. The van der Waals surface area contributed by atoms with Gasteiger partial charge in [0.2, 0.25) is 5.91 Å². The third-order valence-corrected chi connectivity index (χ3v) is 4.88. The van der Waals surface area contributed by atoms with Gasteiger partial charge in [-0.25, -0.2) is 0 Å². The van der Waals surface area contributed by atoms with Crippen LogP contribution < -0.4 is 5.73 Å². The van der Waals surface area contributed by atoms with Gasteiger partial charge >= 0.3 is 0 Å². The number of amides is 2. The van der Waals surface area contributed by atoms with E-state index in [2.05, 4.69) is 4.98 Å². The molecule has 2 aliphatic heterocycles. The van der Waals surface area contributed by atoms with Gasteiger partial charge in [-0.05, 0) is 38.8 Å². The van der Waals surface area contributed by atoms with Gasteiger partial charge in [-0.1, -0.05) is 0 Å². The third kappa shape index (κ3) is 2.83. The van der Waals surface area contributed by atoms with Crippen LogP contribution in [0.1, 0.15) is 49.9 Å². The molecule has 0 unspecified atom stereocenters. The van der Waals surface area contributed by atoms with E-state index in [4.69, 9.17) is 10.5 Å². The molecule has 0 aliphatic carbocycles. The minimum atomic E-state index is -0.446. The average molecular weight is 317 g/mol. The lowest BCUT2D eigenvalue weighted by molar-refractivity contribution is -0.123. The fourth-order valence-electron chi connectivity index (χ4n) is 4.18. The standard InChI is InChI=1S/C17H23N3O3/c1-16(2)11-17(13(23-16)10-14(18)21)6-3-9-20(17)15(22)12-4-7-19-8-5-12/h4-5,7-8,13H,3,6,9-11H2,1-2H3,(H2,18,21)/t13-,17+/m0/s1. The molecule has 2 amide bonds. The molecule has 1 aromatic rings. The maximum Gasteiger partial charge on any atom is 0.254 e. The Morgan fingerprint density at radius 1 is 1.39 bits per heavy atom. The number of hydrogen-bond donors (Lipinski definition) is 1. The summed E-state index contributed by atoms with van der Waals surface area (Å²) in [6.07, 6.45) is 5.50. The van der Waals surface area contributed by atoms with Crippen LogP contribution in [0.4, 0.5) is 0 Å². The van der Waals surface area contributed by atoms with Gasteiger partial charge in [0, 0.05) is 30.9 Å². The number of ether oxygens (including phenoxy) is 1. The molecule has 0 radical (unpaired) electrons. The van der Waals surface area contributed by atoms with Crippen molar-refractivity contribution >= 4 is 11.8 Å². The molecular weight excluding hydrogens is 294 g/mol. The van der Waals surface area contributed by atoms with Crippen LogP contribution >= 0.6 is 0 Å². The SMILES string of the molecule is CC1(C)C[C@]2(CCCN2C(=O)c2ccncc2)[C@H](CC(N)=O)O1. The van der Waals surface area contributed by atoms with Crippen molar-refractivity contribution in [2.45, 2.75) is 56.8 Å². The van der Waals surface area contributed by atoms with Crippen molar-refractivity contribution in [3.05, 3.63) is 30.1 Å². The van der Waals surface area contributed by atoms with E-state index in [1.54, 1.807) is 24.5 Å². The molecule has 3 rings (SSSR count). The van der Waals surface area contributed by atoms with Gasteiger partial charge in [0.15, 0.2) is 0 Å². The first-order valence-electron chi connectivity index (χ1n) is 8.02. The lowest BCUT2D eigenvalue weighted by atomic mass is 9.82. The Hall–Kier alpha value is -1.95. The Balaban J connectivity index is 1.94. The van der Waals surface area contributed by atoms with E-state index in [0.29, 0.717) is 12.1 Å². The molecule has 124 valence electrons. The number of nitrogens with zero attached hydrogens (tertiary/aromatic N) is 2. The summed E-state index contributed by atoms with van der Waals surface area (Å²) in [4.78, 5) is 30.3. The summed E-state index contributed by atoms with van der Waals surface area (Å²) in [5.74, 6) is -0.420. The minimum Gasteiger partial charge on any atom is -0.370 e. The number of primary amides is 1. The van der Waals surface area contributed by atoms with Gasteiger partial charge in [-0.15, -0.1) is 0 Å². The molecule has 2 aliphatic rings. The van der Waals surface area contributed by atoms with Crippen LogP contribution in [0.15, 0.2) is 24.5 Å². The molecule has 6 nitrogen and oxygen atoms in total. The van der Waals surface area contributed by atoms with Gasteiger partial charge in [0.05, 0.1) is 23.7 Å². The molecule has 3 heterocycles. The predicted octanol–water partition coefficient (Wildman–Crippen LogP) is 1.50. The number of pyridine rings is 1. The number of carbonyl (C=O) groups is 2. The van der Waals surface area contributed by atoms with Crippen molar-refractivity contribution in [3.63, 3.8) is 0 Å². The zero-order chi connectivity index (χ0) is 16.7. The van der Waals surface area contributed by atoms with Gasteiger partial charge in [-0.2, -0.15) is 0 Å². The maximum atomic E-state index is 13.0. The summed E-state index contributed by atoms with van der Waals surface area (Å²) in [5, 5.41) is 0. The first-order valence-corrected chi connectivity index (χ1v) is 8.02. The van der Waals surface area contributed by atoms with Crippen molar-refractivity contribution in [1.29, 1.82) is 0 Å². The number of rotatable bonds is 3. The monoisotopic (exact) mass is 317 g/mol. The smallest absolute Gasteiger partial charge is 0.254 e. The third-order valence-electron chi connectivity index (χ3n) is 4.88. The molecule has 0 saturated carbocycles. The second kappa shape index (κ2) is 5.60. The Labute approximate surface area is 136 Å². The van der Waals surface area contributed by atoms with E-state index < -0.39 is 11.4 Å². The number of aromatic nitrogens is 1. The van der Waals surface area contributed by atoms with Crippen molar-refractivity contribution in [1.82, 2.24) is 9.88 Å². The van der Waals surface area contributed by atoms with Crippen molar-refractivity contribution in [2.75, 3.05) is 6.54 Å². The molecule has 2 atom stereocenters. The summed E-state index contributed by atoms with van der Waals surface area (Å²) < 4.78 is 6.11. The predicted molar refractivity (Wildman–Crippen MR) is 84.6 cm³/mol. The number of nitrogens with two attached hydrogens (primary N) is 1. The Bertz CT molecular complexity index is 617. The molecule has 2 N–H and O–H groups in total. The number of hydrogen-bond acceptors (Lipinski definition) is 4. The van der Waals surface area contributed by atoms with Crippen LogP contribution in [0.3, 0.4) is 0 Å². The average Bonchev–Trinajstić information content (AvgIpc) is 3.00. The largest absolute Gasteiger partial charge is 0.370 e. The first kappa shape index (κ1) is 15.9. The molecule has 1 aromatic heterocycles. The molecule has 23 heavy (non-hydrogen) atoms. The van der Waals surface area contributed by atoms with Crippen LogP contribution in [0.25, 0.3) is 0 Å². The van der Waals surface area contributed by atoms with E-state index in [-0.39, 0.29) is 24.0 Å². The molecule has 0 bridgehead atoms. The minimum absolute atomic E-state index is 0.0272. The highest BCUT2D eigenvalue weighted by atomic mass is 16.5. The Morgan fingerprint density at radius 3 is 2.74 bits per heavy atom. The summed E-state index contributed by atoms with van der Waals surface area (Å²) in [6, 6.07) is 3.44. The molecule has 2 saturated heterocycles. The molecule has 6 heteroatoms. The molecule has 1 spiro atoms. The fraction of sp³-hybridized carbons (Fsp3) is 0.588. The summed E-state index contributed by atoms with van der Waals surface area (Å²) in [7, 11) is 0. The quantitative estimate of drug-likeness (QED) is 0.915. The second-order valence-corrected chi connectivity index (χ2v) is 7.11. The van der Waals surface area contributed by atoms with E-state index in [1.165, 1.54) is 0 Å². The van der Waals surface area contributed by atoms with Crippen LogP contribution in [0.2, 0.25) is 0 Å². The summed E-state index contributed by atoms with van der Waals surface area (Å²) in [6.45, 7) is 4.68. The molecule has 0 aromatic carbocycles. The first-order chi connectivity index (χ1) is 10.8. The van der Waals surface area contributed by atoms with Crippen molar-refractivity contribution < 1.29 is 14.3 Å². The number of carbonyl (C=O) groups excluding carboxylic acids is 2. The summed E-state index contributed by atoms with van der Waals surface area (Å²) in [5.41, 5.74) is 5.21. The van der Waals surface area contributed by atoms with Crippen molar-refractivity contribution in [2.24, 2.45) is 5.73 Å². The number of likely N-dealkylation sites (tertiary alicyclic amines) is 1. The normalized spacial score (nSPS) is 29.1. The highest BCUT2D eigenvalue weighted by Crippen LogP contribution is 2.49. The lowest BCUT2D eigenvalue weighted by Gasteiger charge is -2.38. The zero-order valence-corrected chi connectivity index (χ0v) is 13.6. The van der Waals surface area contributed by atoms with E-state index in [1.807, 2.05) is 18.7 Å². The van der Waals surface area contributed by atoms with Crippen LogP contribution in [-0.4, -0.2) is 45.5 Å². The van der Waals surface area contributed by atoms with E-state index in [9.17, 15) is 9.59 Å². The van der Waals surface area contributed by atoms with Crippen LogP contribution in [0, 0.1) is 0 Å². The fourth-order valence-corrected chi connectivity index (χ4v) is 4.18. The van der Waals surface area contributed by atoms with Crippen LogP contribution in [-0.2, 0) is 9.53 Å². The van der Waals surface area contributed by atoms with Crippen molar-refractivity contribution in [3.8, 4) is 0 Å². The highest BCUT2D eigenvalue weighted by molar-refractivity contribution is 5.95. The maximum absolute atomic E-state index is 13.0. The van der Waals surface area contributed by atoms with E-state index >= 15 is 0 Å². The Kier molecular flexibility index (Phi) is 3.88. The summed E-state index contributed by atoms with van der Waals surface area (Å²) >= 11 is 0. The lowest BCUT2D eigenvalue weighted by Crippen LogP contribution is -2.53. The Morgan fingerprint density at radius 2 is 2.09 bits per heavy atom. The van der Waals surface area contributed by atoms with E-state index in [0.717, 1.165) is 19.3 Å². The van der Waals surface area contributed by atoms with Gasteiger partial charge in [0.25, 0.3) is 5.91 Å². The zero-order valence-electron chi connectivity index (χ0n) is 13.6. The van der Waals surface area contributed by atoms with Crippen LogP contribution in [0.5, 0.6) is 0 Å². The highest BCUT2D eigenvalue weighted by Gasteiger charge is 2.58. The van der Waals surface area contributed by atoms with Gasteiger partial charge < -0.3 is 15.4 Å². The van der Waals surface area contributed by atoms with Gasteiger partial charge in [-0.3, -0.25) is 14.6 Å². The van der Waals surface area contributed by atoms with Gasteiger partial charge in [0.1, 0.15) is 0 Å². The second-order valence-electron chi connectivity index (χ2n) is 7.11. The molecule has 2 fully saturated rings.